The number of hydroxylamine groups is 2. The number of hydrogen-bond acceptors (Lipinski definition) is 6. The molecule has 8 nitrogen and oxygen atoms in total. The third-order valence-electron chi connectivity index (χ3n) is 5.89. The summed E-state index contributed by atoms with van der Waals surface area (Å²) in [7, 11) is 0. The van der Waals surface area contributed by atoms with Gasteiger partial charge in [0.25, 0.3) is 0 Å². The molecule has 0 aromatic carbocycles. The maximum atomic E-state index is 14.9. The predicted molar refractivity (Wildman–Crippen MR) is 105 cm³/mol. The van der Waals surface area contributed by atoms with E-state index in [4.69, 9.17) is 11.6 Å². The summed E-state index contributed by atoms with van der Waals surface area (Å²) in [5.41, 5.74) is 0.0170. The maximum Gasteiger partial charge on any atom is 0.233 e. The van der Waals surface area contributed by atoms with Gasteiger partial charge in [0.05, 0.1) is 19.0 Å². The average molecular weight is 428 g/mol. The lowest BCUT2D eigenvalue weighted by molar-refractivity contribution is -0.155. The maximum absolute atomic E-state index is 14.9. The van der Waals surface area contributed by atoms with Crippen molar-refractivity contribution < 1.29 is 19.2 Å². The number of amides is 2. The third kappa shape index (κ3) is 5.33. The minimum Gasteiger partial charge on any atom is -0.351 e. The summed E-state index contributed by atoms with van der Waals surface area (Å²) in [6.45, 7) is 2.42. The van der Waals surface area contributed by atoms with Gasteiger partial charge in [-0.3, -0.25) is 14.8 Å². The van der Waals surface area contributed by atoms with Crippen LogP contribution in [0.4, 0.5) is 10.2 Å². The zero-order chi connectivity index (χ0) is 21.0. The molecule has 2 heterocycles. The molecule has 2 aliphatic rings. The Balaban J connectivity index is 1.67. The molecule has 1 aromatic rings. The lowest BCUT2D eigenvalue weighted by atomic mass is 9.92. The second-order valence-electron chi connectivity index (χ2n) is 7.94. The molecular weight excluding hydrogens is 401 g/mol. The van der Waals surface area contributed by atoms with Crippen LogP contribution in [0.5, 0.6) is 0 Å². The Labute approximate surface area is 174 Å². The minimum atomic E-state index is -0.592. The van der Waals surface area contributed by atoms with Crippen LogP contribution in [-0.2, 0) is 16.1 Å². The number of halogens is 2. The summed E-state index contributed by atoms with van der Waals surface area (Å²) in [4.78, 5) is 33.2. The van der Waals surface area contributed by atoms with Crippen molar-refractivity contribution in [3.05, 3.63) is 16.8 Å². The molecule has 0 radical (unpaired) electrons. The van der Waals surface area contributed by atoms with Crippen molar-refractivity contribution in [3.8, 4) is 0 Å². The molecule has 2 atom stereocenters. The van der Waals surface area contributed by atoms with Gasteiger partial charge in [0.15, 0.2) is 11.6 Å². The molecule has 2 N–H and O–H groups in total. The number of rotatable bonds is 9. The summed E-state index contributed by atoms with van der Waals surface area (Å²) in [6, 6.07) is 0.174. The molecule has 1 unspecified atom stereocenters. The van der Waals surface area contributed by atoms with E-state index in [1.807, 2.05) is 11.8 Å². The Kier molecular flexibility index (Phi) is 7.23. The topological polar surface area (TPSA) is 98.7 Å². The van der Waals surface area contributed by atoms with Gasteiger partial charge in [-0.25, -0.2) is 14.4 Å². The molecule has 0 bridgehead atoms. The molecule has 1 saturated carbocycles. The van der Waals surface area contributed by atoms with Crippen molar-refractivity contribution in [1.29, 1.82) is 0 Å². The van der Waals surface area contributed by atoms with Crippen molar-refractivity contribution in [3.63, 3.8) is 0 Å². The fraction of sp³-hybridized carbons (Fsp3) is 0.684. The number of nitrogens with one attached hydrogen (secondary N) is 1. The van der Waals surface area contributed by atoms with E-state index < -0.39 is 11.7 Å². The van der Waals surface area contributed by atoms with Crippen molar-refractivity contribution in [1.82, 2.24) is 20.3 Å². The Morgan fingerprint density at radius 1 is 1.41 bits per heavy atom. The van der Waals surface area contributed by atoms with Crippen LogP contribution in [0, 0.1) is 17.7 Å². The van der Waals surface area contributed by atoms with Gasteiger partial charge in [-0.05, 0) is 37.3 Å². The first-order valence-corrected chi connectivity index (χ1v) is 10.4. The van der Waals surface area contributed by atoms with Crippen LogP contribution in [0.3, 0.4) is 0 Å². The molecule has 2 fully saturated rings. The highest BCUT2D eigenvalue weighted by atomic mass is 35.5. The number of anilines is 1. The van der Waals surface area contributed by atoms with Crippen LogP contribution in [0.25, 0.3) is 0 Å². The molecule has 29 heavy (non-hydrogen) atoms. The first-order chi connectivity index (χ1) is 13.9. The van der Waals surface area contributed by atoms with E-state index in [-0.39, 0.29) is 48.2 Å². The first kappa shape index (κ1) is 21.7. The quantitative estimate of drug-likeness (QED) is 0.272. The van der Waals surface area contributed by atoms with Gasteiger partial charge in [-0.2, -0.15) is 4.98 Å². The van der Waals surface area contributed by atoms with Crippen LogP contribution in [-0.4, -0.2) is 51.7 Å². The van der Waals surface area contributed by atoms with Gasteiger partial charge in [0, 0.05) is 12.6 Å². The van der Waals surface area contributed by atoms with Crippen molar-refractivity contribution in [2.75, 3.05) is 18.0 Å². The van der Waals surface area contributed by atoms with E-state index in [2.05, 4.69) is 15.3 Å². The monoisotopic (exact) mass is 427 g/mol. The number of carbonyl (C=O) groups is 2. The molecule has 0 spiro atoms. The molecular formula is C19H27ClFN5O3. The Hall–Kier alpha value is -2.00. The number of carbonyl (C=O) groups excluding carboxylic acids is 2. The van der Waals surface area contributed by atoms with E-state index in [9.17, 15) is 19.2 Å². The van der Waals surface area contributed by atoms with Crippen LogP contribution in [0.15, 0.2) is 0 Å². The van der Waals surface area contributed by atoms with E-state index in [0.29, 0.717) is 23.9 Å². The van der Waals surface area contributed by atoms with E-state index in [0.717, 1.165) is 32.1 Å². The lowest BCUT2D eigenvalue weighted by Crippen LogP contribution is -2.47. The summed E-state index contributed by atoms with van der Waals surface area (Å²) >= 11 is 5.97. The van der Waals surface area contributed by atoms with Crippen LogP contribution < -0.4 is 10.2 Å². The lowest BCUT2D eigenvalue weighted by Gasteiger charge is -2.39. The molecule has 2 amide bonds. The summed E-state index contributed by atoms with van der Waals surface area (Å²) < 4.78 is 14.9. The van der Waals surface area contributed by atoms with E-state index >= 15 is 0 Å². The van der Waals surface area contributed by atoms with Gasteiger partial charge in [0.2, 0.25) is 17.6 Å². The van der Waals surface area contributed by atoms with Crippen LogP contribution >= 0.6 is 11.6 Å². The first-order valence-electron chi connectivity index (χ1n) is 10.1. The van der Waals surface area contributed by atoms with Crippen molar-refractivity contribution >= 4 is 29.7 Å². The zero-order valence-corrected chi connectivity index (χ0v) is 17.2. The molecule has 1 aliphatic carbocycles. The molecule has 1 aliphatic heterocycles. The normalized spacial score (nSPS) is 20.3. The second-order valence-corrected chi connectivity index (χ2v) is 8.27. The zero-order valence-electron chi connectivity index (χ0n) is 16.5. The molecule has 1 saturated heterocycles. The highest BCUT2D eigenvalue weighted by Crippen LogP contribution is 2.31. The molecule has 10 heteroatoms. The van der Waals surface area contributed by atoms with E-state index in [1.165, 1.54) is 0 Å². The van der Waals surface area contributed by atoms with Crippen LogP contribution in [0.2, 0.25) is 5.28 Å². The number of hydrogen-bond donors (Lipinski definition) is 2. The number of aromatic nitrogens is 2. The number of nitrogens with zero attached hydrogens (tertiary/aromatic N) is 4. The Bertz CT molecular complexity index is 747. The summed E-state index contributed by atoms with van der Waals surface area (Å²) in [5, 5.41) is 12.6. The Morgan fingerprint density at radius 2 is 2.14 bits per heavy atom. The fourth-order valence-corrected chi connectivity index (χ4v) is 4.27. The summed E-state index contributed by atoms with van der Waals surface area (Å²) in [5.74, 6) is -0.992. The van der Waals surface area contributed by atoms with Crippen LogP contribution in [0.1, 0.15) is 51.1 Å². The summed E-state index contributed by atoms with van der Waals surface area (Å²) in [6.07, 6.45) is 6.10. The second kappa shape index (κ2) is 9.67. The molecule has 160 valence electrons. The van der Waals surface area contributed by atoms with Gasteiger partial charge in [0.1, 0.15) is 5.69 Å². The standard InChI is InChI=1S/C19H27ClFN5O3/c1-12-6-7-26(12)17-16(21)15(23-19(20)24-17)9-22-18(28)14(10-25(29)11-27)8-13-4-2-3-5-13/h11-14,29H,2-10H2,1H3,(H,22,28)/t12?,14-/m1/s1. The average Bonchev–Trinajstić information content (AvgIpc) is 3.20. The largest absolute Gasteiger partial charge is 0.351 e. The SMILES string of the molecule is CC1CCN1c1nc(Cl)nc(CNC(=O)[C@H](CC2CCCC2)CN(O)C=O)c1F. The highest BCUT2D eigenvalue weighted by molar-refractivity contribution is 6.28. The van der Waals surface area contributed by atoms with Gasteiger partial charge in [-0.1, -0.05) is 25.7 Å². The third-order valence-corrected chi connectivity index (χ3v) is 6.06. The highest BCUT2D eigenvalue weighted by Gasteiger charge is 2.30. The van der Waals surface area contributed by atoms with E-state index in [1.54, 1.807) is 0 Å². The van der Waals surface area contributed by atoms with Gasteiger partial charge < -0.3 is 10.2 Å². The molecule has 1 aromatic heterocycles. The van der Waals surface area contributed by atoms with Gasteiger partial charge in [-0.15, -0.1) is 0 Å². The fourth-order valence-electron chi connectivity index (χ4n) is 4.09. The predicted octanol–water partition coefficient (Wildman–Crippen LogP) is 2.53. The smallest absolute Gasteiger partial charge is 0.233 e. The molecule has 3 rings (SSSR count). The Morgan fingerprint density at radius 3 is 2.72 bits per heavy atom. The minimum absolute atomic E-state index is 0.0170. The van der Waals surface area contributed by atoms with Crippen molar-refractivity contribution in [2.45, 2.75) is 58.0 Å². The van der Waals surface area contributed by atoms with Gasteiger partial charge >= 0.3 is 0 Å². The van der Waals surface area contributed by atoms with Crippen molar-refractivity contribution in [2.24, 2.45) is 11.8 Å².